The van der Waals surface area contributed by atoms with Gasteiger partial charge in [0, 0.05) is 35.5 Å². The zero-order chi connectivity index (χ0) is 30.1. The lowest BCUT2D eigenvalue weighted by Crippen LogP contribution is -2.53. The van der Waals surface area contributed by atoms with Crippen molar-refractivity contribution in [3.63, 3.8) is 0 Å². The minimum absolute atomic E-state index is 0.0971. The molecule has 2 amide bonds. The van der Waals surface area contributed by atoms with Gasteiger partial charge in [-0.05, 0) is 67.0 Å². The van der Waals surface area contributed by atoms with E-state index in [1.807, 2.05) is 0 Å². The number of benzene rings is 2. The monoisotopic (exact) mass is 541 g/mol. The first kappa shape index (κ1) is 22.9. The second kappa shape index (κ2) is 9.02. The third kappa shape index (κ3) is 4.07. The van der Waals surface area contributed by atoms with Crippen molar-refractivity contribution in [2.45, 2.75) is 74.5 Å². The van der Waals surface area contributed by atoms with Gasteiger partial charge in [0.1, 0.15) is 11.9 Å². The van der Waals surface area contributed by atoms with E-state index in [2.05, 4.69) is 0 Å². The number of fused-ring (bicyclic) bond motifs is 3. The third-order valence-corrected chi connectivity index (χ3v) is 8.44. The fourth-order valence-corrected chi connectivity index (χ4v) is 6.41. The molecule has 1 aliphatic carbocycles. The zero-order valence-electron chi connectivity index (χ0n) is 23.5. The van der Waals surface area contributed by atoms with Crippen LogP contribution in [-0.4, -0.2) is 59.6 Å². The summed E-state index contributed by atoms with van der Waals surface area (Å²) in [7, 11) is 0. The van der Waals surface area contributed by atoms with Crippen LogP contribution in [0.25, 0.3) is 0 Å². The molecular weight excluding hydrogens is 510 g/mol. The summed E-state index contributed by atoms with van der Waals surface area (Å²) in [6.07, 6.45) is -6.99. The molecule has 5 rings (SSSR count). The van der Waals surface area contributed by atoms with E-state index in [0.717, 1.165) is 6.07 Å². The molecule has 2 aromatic carbocycles. The van der Waals surface area contributed by atoms with Gasteiger partial charge in [-0.15, -0.1) is 0 Å². The van der Waals surface area contributed by atoms with Gasteiger partial charge in [0.25, 0.3) is 5.91 Å². The highest BCUT2D eigenvalue weighted by atomic mass is 19.4. The highest BCUT2D eigenvalue weighted by Gasteiger charge is 2.56. The number of likely N-dealkylation sites (tertiary alicyclic amines) is 2. The number of hydrogen-bond acceptors (Lipinski definition) is 2. The Bertz CT molecular complexity index is 1380. The summed E-state index contributed by atoms with van der Waals surface area (Å²) in [5, 5.41) is 0. The van der Waals surface area contributed by atoms with Gasteiger partial charge in [-0.1, -0.05) is 30.3 Å². The number of aryl methyl sites for hydroxylation is 1. The summed E-state index contributed by atoms with van der Waals surface area (Å²) in [6.45, 7) is -2.49. The van der Waals surface area contributed by atoms with Crippen LogP contribution in [-0.2, 0) is 33.5 Å². The molecule has 3 aliphatic rings. The van der Waals surface area contributed by atoms with Crippen molar-refractivity contribution < 1.29 is 40.0 Å². The molecule has 0 radical (unpaired) electrons. The second-order valence-electron chi connectivity index (χ2n) is 10.6. The maximum Gasteiger partial charge on any atom is 0.426 e. The van der Waals surface area contributed by atoms with Gasteiger partial charge in [0.05, 0.1) is 0 Å². The van der Waals surface area contributed by atoms with Gasteiger partial charge in [-0.3, -0.25) is 9.59 Å². The predicted octanol–water partition coefficient (Wildman–Crippen LogP) is 5.17. The average molecular weight is 542 g/mol. The largest absolute Gasteiger partial charge is 0.426 e. The van der Waals surface area contributed by atoms with Crippen LogP contribution in [0.1, 0.15) is 52.6 Å². The summed E-state index contributed by atoms with van der Waals surface area (Å²) in [4.78, 5) is 27.9. The average Bonchev–Trinajstić information content (AvgIpc) is 3.40. The van der Waals surface area contributed by atoms with Crippen molar-refractivity contribution in [3.8, 4) is 0 Å². The van der Waals surface area contributed by atoms with Crippen LogP contribution in [0.3, 0.4) is 0 Å². The number of alkyl halides is 5. The number of rotatable bonds is 4. The number of nitrogens with zero attached hydrogens (tertiary/aromatic N) is 2. The quantitative estimate of drug-likeness (QED) is 0.502. The van der Waals surface area contributed by atoms with Gasteiger partial charge in [-0.25, -0.2) is 13.2 Å². The van der Waals surface area contributed by atoms with Crippen LogP contribution in [0.4, 0.5) is 26.3 Å². The van der Waals surface area contributed by atoms with Crippen LogP contribution in [0.15, 0.2) is 42.5 Å². The van der Waals surface area contributed by atoms with E-state index in [1.54, 1.807) is 6.07 Å². The first-order valence-electron chi connectivity index (χ1n) is 13.9. The molecule has 0 saturated carbocycles. The normalized spacial score (nSPS) is 30.2. The molecule has 2 fully saturated rings. The Hall–Kier alpha value is -3.04. The summed E-state index contributed by atoms with van der Waals surface area (Å²) < 4.78 is 107. The van der Waals surface area contributed by atoms with Crippen molar-refractivity contribution in [2.24, 2.45) is 0 Å². The van der Waals surface area contributed by atoms with E-state index in [9.17, 15) is 35.9 Å². The van der Waals surface area contributed by atoms with E-state index < -0.39 is 72.1 Å². The Labute approximate surface area is 220 Å². The summed E-state index contributed by atoms with van der Waals surface area (Å²) in [5.41, 5.74) is -3.45. The molecule has 2 saturated heterocycles. The van der Waals surface area contributed by atoms with Gasteiger partial charge < -0.3 is 9.80 Å². The maximum absolute atomic E-state index is 14.9. The molecule has 2 aromatic rings. The van der Waals surface area contributed by atoms with Crippen LogP contribution in [0, 0.1) is 5.82 Å². The highest BCUT2D eigenvalue weighted by molar-refractivity contribution is 5.93. The van der Waals surface area contributed by atoms with Crippen LogP contribution in [0.5, 0.6) is 0 Å². The van der Waals surface area contributed by atoms with Gasteiger partial charge in [0.15, 0.2) is 6.17 Å². The van der Waals surface area contributed by atoms with Crippen LogP contribution >= 0.6 is 0 Å². The van der Waals surface area contributed by atoms with Crippen LogP contribution < -0.4 is 0 Å². The lowest BCUT2D eigenvalue weighted by atomic mass is 9.63. The molecule has 2 aliphatic heterocycles. The zero-order valence-corrected chi connectivity index (χ0v) is 20.5. The van der Waals surface area contributed by atoms with Crippen LogP contribution in [0.2, 0.25) is 0 Å². The van der Waals surface area contributed by atoms with Gasteiger partial charge in [0.2, 0.25) is 11.6 Å². The van der Waals surface area contributed by atoms with Crippen molar-refractivity contribution >= 4 is 11.8 Å². The molecule has 3 unspecified atom stereocenters. The Balaban J connectivity index is 1.57. The lowest BCUT2D eigenvalue weighted by Gasteiger charge is -2.44. The molecule has 5 atom stereocenters. The minimum atomic E-state index is -5.14. The SMILES string of the molecule is [2H]C([2H])([2H])N1C(=O)[C@@H](F)C[C@H]1C(=O)N1CCC2(Cc3cccc(F)c3)c3ccc(C(C)(F)C(F)(F)F)cc3CCC12. The van der Waals surface area contributed by atoms with Crippen molar-refractivity contribution in [3.05, 3.63) is 70.5 Å². The van der Waals surface area contributed by atoms with E-state index >= 15 is 0 Å². The topological polar surface area (TPSA) is 40.6 Å². The van der Waals surface area contributed by atoms with Gasteiger partial charge in [-0.2, -0.15) is 13.2 Å². The predicted molar refractivity (Wildman–Crippen MR) is 127 cm³/mol. The van der Waals surface area contributed by atoms with Gasteiger partial charge >= 0.3 is 6.18 Å². The van der Waals surface area contributed by atoms with E-state index in [-0.39, 0.29) is 32.2 Å². The smallest absolute Gasteiger partial charge is 0.337 e. The standard InChI is InChI=1S/C28H28F6N2O2/c1-26(31,28(32,33)34)18-7-8-20-17(13-18)6-9-23-27(20,15-16-4-3-5-19(29)12-16)10-11-36(23)25(38)22-14-21(30)24(37)35(22)2/h3-5,7-8,12-13,21-23H,6,9-11,14-15H2,1-2H3/t21-,22-,23?,26?,27?/m0/s1/i2D3. The molecule has 38 heavy (non-hydrogen) atoms. The Morgan fingerprint density at radius 2 is 1.95 bits per heavy atom. The van der Waals surface area contributed by atoms with E-state index in [0.29, 0.717) is 28.5 Å². The fraction of sp³-hybridized carbons (Fsp3) is 0.500. The molecular formula is C28H28F6N2O2. The summed E-state index contributed by atoms with van der Waals surface area (Å²) in [6, 6.07) is 7.32. The Morgan fingerprint density at radius 1 is 1.18 bits per heavy atom. The maximum atomic E-state index is 14.9. The molecule has 0 bridgehead atoms. The third-order valence-electron chi connectivity index (χ3n) is 8.44. The highest BCUT2D eigenvalue weighted by Crippen LogP contribution is 2.51. The summed E-state index contributed by atoms with van der Waals surface area (Å²) >= 11 is 0. The Kier molecular flexibility index (Phi) is 5.43. The fourth-order valence-electron chi connectivity index (χ4n) is 6.41. The number of carbonyl (C=O) groups is 2. The number of halogens is 6. The Morgan fingerprint density at radius 3 is 2.63 bits per heavy atom. The first-order chi connectivity index (χ1) is 19.0. The molecule has 0 spiro atoms. The number of likely N-dealkylation sites (N-methyl/N-ethyl adjacent to an activating group) is 1. The number of hydrogen-bond donors (Lipinski definition) is 0. The van der Waals surface area contributed by atoms with Crippen molar-refractivity contribution in [1.29, 1.82) is 0 Å². The molecule has 204 valence electrons. The van der Waals surface area contributed by atoms with E-state index in [1.165, 1.54) is 35.2 Å². The number of amides is 2. The number of carbonyl (C=O) groups excluding carboxylic acids is 2. The minimum Gasteiger partial charge on any atom is -0.337 e. The van der Waals surface area contributed by atoms with Crippen molar-refractivity contribution in [2.75, 3.05) is 13.5 Å². The van der Waals surface area contributed by atoms with E-state index in [4.69, 9.17) is 4.11 Å². The molecule has 2 heterocycles. The lowest BCUT2D eigenvalue weighted by molar-refractivity contribution is -0.228. The first-order valence-corrected chi connectivity index (χ1v) is 12.4. The molecule has 0 N–H and O–H groups in total. The second-order valence-corrected chi connectivity index (χ2v) is 10.6. The summed E-state index contributed by atoms with van der Waals surface area (Å²) in [5.74, 6) is -2.51. The van der Waals surface area contributed by atoms with Crippen molar-refractivity contribution in [1.82, 2.24) is 9.80 Å². The molecule has 10 heteroatoms. The molecule has 4 nitrogen and oxygen atoms in total. The molecule has 0 aromatic heterocycles.